The van der Waals surface area contributed by atoms with Crippen molar-refractivity contribution in [2.45, 2.75) is 19.2 Å². The molecule has 0 saturated carbocycles. The second kappa shape index (κ2) is 7.06. The fourth-order valence-electron chi connectivity index (χ4n) is 2.96. The third-order valence-corrected chi connectivity index (χ3v) is 7.16. The summed E-state index contributed by atoms with van der Waals surface area (Å²) >= 11 is 9.30. The maximum atomic E-state index is 12.5. The maximum Gasteiger partial charge on any atom is 0.238 e. The van der Waals surface area contributed by atoms with Gasteiger partial charge in [0.2, 0.25) is 5.91 Å². The molecule has 0 spiro atoms. The summed E-state index contributed by atoms with van der Waals surface area (Å²) in [5, 5.41) is 1.64. The van der Waals surface area contributed by atoms with Gasteiger partial charge < -0.3 is 0 Å². The number of halogens is 1. The van der Waals surface area contributed by atoms with E-state index in [1.54, 1.807) is 23.1 Å². The highest BCUT2D eigenvalue weighted by Crippen LogP contribution is 2.46. The van der Waals surface area contributed by atoms with Crippen molar-refractivity contribution in [1.29, 1.82) is 0 Å². The van der Waals surface area contributed by atoms with Crippen molar-refractivity contribution >= 4 is 46.3 Å². The number of aryl methyl sites for hydroxylation is 2. The molecule has 0 N–H and O–H groups in total. The molecule has 1 aliphatic heterocycles. The van der Waals surface area contributed by atoms with Gasteiger partial charge >= 0.3 is 0 Å². The minimum absolute atomic E-state index is 0.0243. The first-order chi connectivity index (χ1) is 12.5. The first-order valence-electron chi connectivity index (χ1n) is 8.26. The molecular formula is C20H17ClN2OS2. The van der Waals surface area contributed by atoms with Crippen LogP contribution in [0, 0.1) is 13.8 Å². The summed E-state index contributed by atoms with van der Waals surface area (Å²) in [7, 11) is 0. The average molecular weight is 401 g/mol. The molecule has 0 bridgehead atoms. The molecule has 0 aliphatic carbocycles. The second-order valence-electron chi connectivity index (χ2n) is 6.24. The van der Waals surface area contributed by atoms with Gasteiger partial charge in [0.25, 0.3) is 0 Å². The van der Waals surface area contributed by atoms with Gasteiger partial charge in [0.05, 0.1) is 16.3 Å². The van der Waals surface area contributed by atoms with E-state index in [-0.39, 0.29) is 11.3 Å². The lowest BCUT2D eigenvalue weighted by Gasteiger charge is -2.23. The van der Waals surface area contributed by atoms with E-state index >= 15 is 0 Å². The summed E-state index contributed by atoms with van der Waals surface area (Å²) in [6.45, 7) is 4.06. The highest BCUT2D eigenvalue weighted by Gasteiger charge is 2.36. The number of hydrogen-bond donors (Lipinski definition) is 0. The Balaban J connectivity index is 1.71. The van der Waals surface area contributed by atoms with E-state index in [1.165, 1.54) is 5.56 Å². The highest BCUT2D eigenvalue weighted by atomic mass is 35.5. The summed E-state index contributed by atoms with van der Waals surface area (Å²) in [5.74, 6) is 0.635. The summed E-state index contributed by atoms with van der Waals surface area (Å²) in [5.41, 5.74) is 4.15. The zero-order chi connectivity index (χ0) is 18.3. The van der Waals surface area contributed by atoms with E-state index < -0.39 is 0 Å². The normalized spacial score (nSPS) is 17.1. The second-order valence-corrected chi connectivity index (χ2v) is 8.77. The molecule has 26 heavy (non-hydrogen) atoms. The number of hydrogen-bond acceptors (Lipinski definition) is 4. The van der Waals surface area contributed by atoms with Gasteiger partial charge in [-0.1, -0.05) is 41.4 Å². The fraction of sp³-hybridized carbons (Fsp3) is 0.200. The molecule has 1 aliphatic rings. The molecule has 132 valence electrons. The van der Waals surface area contributed by atoms with Crippen LogP contribution in [0.5, 0.6) is 0 Å². The smallest absolute Gasteiger partial charge is 0.238 e. The number of benzene rings is 2. The number of amides is 1. The van der Waals surface area contributed by atoms with Gasteiger partial charge in [-0.25, -0.2) is 4.98 Å². The predicted octanol–water partition coefficient (Wildman–Crippen LogP) is 5.86. The SMILES string of the molecule is Cc1ccc(N2C(=O)CSC2c2sc(-c3ccc(Cl)cc3)nc2C)cc1. The van der Waals surface area contributed by atoms with Gasteiger partial charge in [-0.3, -0.25) is 9.69 Å². The van der Waals surface area contributed by atoms with Crippen molar-refractivity contribution in [2.75, 3.05) is 10.7 Å². The number of thiazole rings is 1. The molecule has 3 aromatic rings. The molecule has 1 amide bonds. The van der Waals surface area contributed by atoms with Crippen LogP contribution in [0.3, 0.4) is 0 Å². The Morgan fingerprint density at radius 1 is 1.08 bits per heavy atom. The van der Waals surface area contributed by atoms with E-state index in [1.807, 2.05) is 67.3 Å². The Morgan fingerprint density at radius 3 is 2.46 bits per heavy atom. The molecule has 1 unspecified atom stereocenters. The molecule has 2 aromatic carbocycles. The topological polar surface area (TPSA) is 33.2 Å². The van der Waals surface area contributed by atoms with Crippen LogP contribution in [-0.2, 0) is 4.79 Å². The molecule has 0 radical (unpaired) electrons. The summed E-state index contributed by atoms with van der Waals surface area (Å²) in [6, 6.07) is 15.8. The minimum Gasteiger partial charge on any atom is -0.294 e. The Hall–Kier alpha value is -1.82. The molecule has 1 atom stereocenters. The van der Waals surface area contributed by atoms with Crippen LogP contribution in [0.4, 0.5) is 5.69 Å². The average Bonchev–Trinajstić information content (AvgIpc) is 3.19. The predicted molar refractivity (Wildman–Crippen MR) is 111 cm³/mol. The molecule has 1 saturated heterocycles. The van der Waals surface area contributed by atoms with Gasteiger partial charge in [0.15, 0.2) is 0 Å². The zero-order valence-electron chi connectivity index (χ0n) is 14.4. The van der Waals surface area contributed by atoms with Crippen molar-refractivity contribution in [1.82, 2.24) is 4.98 Å². The van der Waals surface area contributed by atoms with E-state index in [2.05, 4.69) is 0 Å². The molecule has 2 heterocycles. The Kier molecular flexibility index (Phi) is 4.78. The Labute approximate surface area is 166 Å². The van der Waals surface area contributed by atoms with Crippen LogP contribution in [0.15, 0.2) is 48.5 Å². The van der Waals surface area contributed by atoms with Crippen LogP contribution >= 0.6 is 34.7 Å². The minimum atomic E-state index is -0.0243. The first kappa shape index (κ1) is 17.6. The number of carbonyl (C=O) groups excluding carboxylic acids is 1. The van der Waals surface area contributed by atoms with Gasteiger partial charge in [-0.15, -0.1) is 23.1 Å². The third kappa shape index (κ3) is 3.27. The van der Waals surface area contributed by atoms with Crippen LogP contribution in [0.25, 0.3) is 10.6 Å². The van der Waals surface area contributed by atoms with E-state index in [0.717, 1.165) is 26.8 Å². The number of thioether (sulfide) groups is 1. The molecular weight excluding hydrogens is 384 g/mol. The van der Waals surface area contributed by atoms with Crippen LogP contribution < -0.4 is 4.90 Å². The summed E-state index contributed by atoms with van der Waals surface area (Å²) in [4.78, 5) is 20.3. The van der Waals surface area contributed by atoms with Gasteiger partial charge in [-0.05, 0) is 38.1 Å². The number of carbonyl (C=O) groups is 1. The number of rotatable bonds is 3. The lowest BCUT2D eigenvalue weighted by atomic mass is 10.2. The van der Waals surface area contributed by atoms with Gasteiger partial charge in [-0.2, -0.15) is 0 Å². The Morgan fingerprint density at radius 2 is 1.77 bits per heavy atom. The Bertz CT molecular complexity index is 951. The van der Waals surface area contributed by atoms with Gasteiger partial charge in [0, 0.05) is 16.3 Å². The monoisotopic (exact) mass is 400 g/mol. The number of aromatic nitrogens is 1. The quantitative estimate of drug-likeness (QED) is 0.552. The third-order valence-electron chi connectivity index (χ3n) is 4.33. The lowest BCUT2D eigenvalue weighted by molar-refractivity contribution is -0.115. The standard InChI is InChI=1S/C20H17ClN2OS2/c1-12-3-9-16(10-4-12)23-17(24)11-25-20(23)18-13(2)22-19(26-18)14-5-7-15(21)8-6-14/h3-10,20H,11H2,1-2H3. The fourth-order valence-corrected chi connectivity index (χ4v) is 5.62. The molecule has 3 nitrogen and oxygen atoms in total. The lowest BCUT2D eigenvalue weighted by Crippen LogP contribution is -2.27. The van der Waals surface area contributed by atoms with Crippen molar-refractivity contribution in [3.05, 3.63) is 69.7 Å². The van der Waals surface area contributed by atoms with E-state index in [4.69, 9.17) is 16.6 Å². The largest absolute Gasteiger partial charge is 0.294 e. The molecule has 4 rings (SSSR count). The van der Waals surface area contributed by atoms with Crippen LogP contribution in [0.2, 0.25) is 5.02 Å². The van der Waals surface area contributed by atoms with E-state index in [9.17, 15) is 4.79 Å². The van der Waals surface area contributed by atoms with Gasteiger partial charge in [0.1, 0.15) is 10.4 Å². The number of anilines is 1. The zero-order valence-corrected chi connectivity index (χ0v) is 16.8. The number of nitrogens with zero attached hydrogens (tertiary/aromatic N) is 2. The van der Waals surface area contributed by atoms with Crippen molar-refractivity contribution in [3.8, 4) is 10.6 Å². The first-order valence-corrected chi connectivity index (χ1v) is 10.5. The molecule has 6 heteroatoms. The summed E-state index contributed by atoms with van der Waals surface area (Å²) < 4.78 is 0. The summed E-state index contributed by atoms with van der Waals surface area (Å²) in [6.07, 6.45) is 0. The van der Waals surface area contributed by atoms with Crippen molar-refractivity contribution in [3.63, 3.8) is 0 Å². The van der Waals surface area contributed by atoms with Crippen molar-refractivity contribution in [2.24, 2.45) is 0 Å². The maximum absolute atomic E-state index is 12.5. The van der Waals surface area contributed by atoms with E-state index in [0.29, 0.717) is 10.8 Å². The van der Waals surface area contributed by atoms with Crippen LogP contribution in [-0.4, -0.2) is 16.6 Å². The molecule has 1 aromatic heterocycles. The van der Waals surface area contributed by atoms with Crippen LogP contribution in [0.1, 0.15) is 21.5 Å². The van der Waals surface area contributed by atoms with Crippen molar-refractivity contribution < 1.29 is 4.79 Å². The highest BCUT2D eigenvalue weighted by molar-refractivity contribution is 8.01. The molecule has 1 fully saturated rings.